The maximum absolute atomic E-state index is 5.52. The van der Waals surface area contributed by atoms with Crippen LogP contribution in [0.2, 0.25) is 0 Å². The molecule has 60 valence electrons. The lowest BCUT2D eigenvalue weighted by molar-refractivity contribution is 0.281. The van der Waals surface area contributed by atoms with E-state index in [0.29, 0.717) is 0 Å². The van der Waals surface area contributed by atoms with E-state index in [1.165, 1.54) is 14.7 Å². The average molecular weight is 194 g/mol. The summed E-state index contributed by atoms with van der Waals surface area (Å²) in [5.41, 5.74) is 0. The summed E-state index contributed by atoms with van der Waals surface area (Å²) in [6, 6.07) is 2.10. The summed E-state index contributed by atoms with van der Waals surface area (Å²) in [5.74, 6) is 0. The molecule has 3 heteroatoms. The van der Waals surface area contributed by atoms with Gasteiger partial charge in [0.1, 0.15) is 6.10 Å². The molecule has 3 rings (SSSR count). The zero-order chi connectivity index (χ0) is 7.97. The van der Waals surface area contributed by atoms with Crippen molar-refractivity contribution in [2.45, 2.75) is 6.10 Å². The maximum Gasteiger partial charge on any atom is 0.149 e. The Hall–Kier alpha value is -0.670. The molecule has 0 aromatic carbocycles. The van der Waals surface area contributed by atoms with Gasteiger partial charge in [-0.25, -0.2) is 0 Å². The van der Waals surface area contributed by atoms with E-state index in [1.54, 1.807) is 23.1 Å². The zero-order valence-electron chi connectivity index (χ0n) is 6.19. The zero-order valence-corrected chi connectivity index (χ0v) is 7.82. The van der Waals surface area contributed by atoms with Crippen molar-refractivity contribution in [3.63, 3.8) is 0 Å². The van der Waals surface area contributed by atoms with Gasteiger partial charge in [0.25, 0.3) is 0 Å². The fourth-order valence-electron chi connectivity index (χ4n) is 1.39. The predicted octanol–water partition coefficient (Wildman–Crippen LogP) is 1.25. The van der Waals surface area contributed by atoms with E-state index in [-0.39, 0.29) is 6.10 Å². The van der Waals surface area contributed by atoms with Crippen molar-refractivity contribution < 1.29 is 4.74 Å². The molecule has 12 heavy (non-hydrogen) atoms. The molecule has 0 spiro atoms. The highest BCUT2D eigenvalue weighted by Crippen LogP contribution is 2.32. The Bertz CT molecular complexity index is 455. The highest BCUT2D eigenvalue weighted by molar-refractivity contribution is 8.11. The summed E-state index contributed by atoms with van der Waals surface area (Å²) in [4.78, 5) is 1.35. The smallest absolute Gasteiger partial charge is 0.149 e. The van der Waals surface area contributed by atoms with E-state index in [9.17, 15) is 0 Å². The lowest BCUT2D eigenvalue weighted by atomic mass is 10.3. The Kier molecular flexibility index (Phi) is 1.36. The highest BCUT2D eigenvalue weighted by atomic mass is 32.2. The maximum atomic E-state index is 5.52. The molecule has 0 bridgehead atoms. The Morgan fingerprint density at radius 1 is 1.42 bits per heavy atom. The van der Waals surface area contributed by atoms with Gasteiger partial charge in [0, 0.05) is 5.22 Å². The minimum absolute atomic E-state index is 0.196. The second kappa shape index (κ2) is 2.41. The molecular formula is C9H6OS2. The number of hydrogen-bond donors (Lipinski definition) is 0. The molecule has 3 heterocycles. The molecule has 0 amide bonds. The van der Waals surface area contributed by atoms with Crippen LogP contribution in [0.5, 0.6) is 0 Å². The van der Waals surface area contributed by atoms with Crippen LogP contribution in [-0.4, -0.2) is 6.10 Å². The van der Waals surface area contributed by atoms with E-state index in [1.807, 2.05) is 6.26 Å². The van der Waals surface area contributed by atoms with E-state index >= 15 is 0 Å². The van der Waals surface area contributed by atoms with Crippen molar-refractivity contribution in [2.24, 2.45) is 0 Å². The summed E-state index contributed by atoms with van der Waals surface area (Å²) in [6.07, 6.45) is 4.15. The number of rotatable bonds is 0. The van der Waals surface area contributed by atoms with Gasteiger partial charge < -0.3 is 4.74 Å². The van der Waals surface area contributed by atoms with Crippen molar-refractivity contribution in [2.75, 3.05) is 0 Å². The first-order valence-electron chi connectivity index (χ1n) is 3.72. The molecule has 0 fully saturated rings. The van der Waals surface area contributed by atoms with Crippen LogP contribution in [0.4, 0.5) is 0 Å². The lowest BCUT2D eigenvalue weighted by Gasteiger charge is -2.12. The van der Waals surface area contributed by atoms with Crippen LogP contribution >= 0.6 is 23.1 Å². The number of thioether (sulfide) groups is 1. The SMILES string of the molecule is C1=CC2OC=c3ccsc3=C2S1. The fourth-order valence-corrected chi connectivity index (χ4v) is 3.37. The summed E-state index contributed by atoms with van der Waals surface area (Å²) >= 11 is 3.57. The van der Waals surface area contributed by atoms with Crippen LogP contribution in [0, 0.1) is 0 Å². The Morgan fingerprint density at radius 2 is 2.42 bits per heavy atom. The number of thiophene rings is 1. The molecule has 1 unspecified atom stereocenters. The minimum Gasteiger partial charge on any atom is -0.488 e. The van der Waals surface area contributed by atoms with Crippen LogP contribution in [0.3, 0.4) is 0 Å². The first kappa shape index (κ1) is 6.80. The minimum atomic E-state index is 0.196. The second-order valence-electron chi connectivity index (χ2n) is 2.69. The highest BCUT2D eigenvalue weighted by Gasteiger charge is 2.20. The predicted molar refractivity (Wildman–Crippen MR) is 53.0 cm³/mol. The molecular weight excluding hydrogens is 188 g/mol. The number of ether oxygens (including phenoxy) is 1. The normalized spacial score (nSPS) is 24.3. The van der Waals surface area contributed by atoms with Crippen LogP contribution in [0.15, 0.2) is 22.9 Å². The van der Waals surface area contributed by atoms with Crippen molar-refractivity contribution >= 4 is 34.3 Å². The lowest BCUT2D eigenvalue weighted by Crippen LogP contribution is -2.28. The van der Waals surface area contributed by atoms with Crippen LogP contribution in [-0.2, 0) is 4.74 Å². The Morgan fingerprint density at radius 3 is 3.42 bits per heavy atom. The van der Waals surface area contributed by atoms with Gasteiger partial charge in [-0.1, -0.05) is 11.8 Å². The monoisotopic (exact) mass is 194 g/mol. The van der Waals surface area contributed by atoms with Crippen LogP contribution in [0.25, 0.3) is 11.2 Å². The Balaban J connectivity index is 2.41. The summed E-state index contributed by atoms with van der Waals surface area (Å²) < 4.78 is 6.90. The standard InChI is InChI=1S/C9H6OS2/c1-3-11-8-6(1)5-10-7-2-4-12-9(7)8/h1-5,7H. The van der Waals surface area contributed by atoms with Crippen LogP contribution in [0.1, 0.15) is 0 Å². The first-order chi connectivity index (χ1) is 5.95. The van der Waals surface area contributed by atoms with Gasteiger partial charge in [0.2, 0.25) is 0 Å². The summed E-state index contributed by atoms with van der Waals surface area (Å²) in [7, 11) is 0. The van der Waals surface area contributed by atoms with Gasteiger partial charge >= 0.3 is 0 Å². The molecule has 1 nitrogen and oxygen atoms in total. The largest absolute Gasteiger partial charge is 0.488 e. The van der Waals surface area contributed by atoms with Crippen molar-refractivity contribution in [3.05, 3.63) is 32.7 Å². The molecule has 1 atom stereocenters. The third-order valence-corrected chi connectivity index (χ3v) is 4.04. The van der Waals surface area contributed by atoms with Crippen LogP contribution < -0.4 is 9.75 Å². The Labute approximate surface area is 78.1 Å². The topological polar surface area (TPSA) is 9.23 Å². The number of hydrogen-bond acceptors (Lipinski definition) is 3. The van der Waals surface area contributed by atoms with E-state index < -0.39 is 0 Å². The van der Waals surface area contributed by atoms with Crippen molar-refractivity contribution in [1.29, 1.82) is 0 Å². The van der Waals surface area contributed by atoms with Crippen molar-refractivity contribution in [1.82, 2.24) is 0 Å². The third kappa shape index (κ3) is 0.807. The fraction of sp³-hybridized carbons (Fsp3) is 0.111. The molecule has 0 N–H and O–H groups in total. The quantitative estimate of drug-likeness (QED) is 0.615. The van der Waals surface area contributed by atoms with E-state index in [4.69, 9.17) is 4.74 Å². The first-order valence-corrected chi connectivity index (χ1v) is 5.48. The molecule has 0 saturated heterocycles. The molecule has 0 saturated carbocycles. The van der Waals surface area contributed by atoms with Gasteiger partial charge in [0.15, 0.2) is 0 Å². The molecule has 2 aliphatic rings. The van der Waals surface area contributed by atoms with Gasteiger partial charge in [-0.3, -0.25) is 0 Å². The third-order valence-electron chi connectivity index (χ3n) is 1.97. The molecule has 0 radical (unpaired) electrons. The van der Waals surface area contributed by atoms with Gasteiger partial charge in [-0.15, -0.1) is 11.3 Å². The average Bonchev–Trinajstić information content (AvgIpc) is 2.71. The van der Waals surface area contributed by atoms with E-state index in [0.717, 1.165) is 0 Å². The molecule has 1 aromatic heterocycles. The van der Waals surface area contributed by atoms with Crippen molar-refractivity contribution in [3.8, 4) is 0 Å². The van der Waals surface area contributed by atoms with Gasteiger partial charge in [-0.2, -0.15) is 0 Å². The summed E-state index contributed by atoms with van der Waals surface area (Å²) in [6.45, 7) is 0. The van der Waals surface area contributed by atoms with Gasteiger partial charge in [0.05, 0.1) is 15.7 Å². The molecule has 0 aliphatic carbocycles. The second-order valence-corrected chi connectivity index (χ2v) is 4.55. The van der Waals surface area contributed by atoms with E-state index in [2.05, 4.69) is 22.9 Å². The molecule has 2 aliphatic heterocycles. The van der Waals surface area contributed by atoms with Gasteiger partial charge in [-0.05, 0) is 22.9 Å². The molecule has 1 aromatic rings. The summed E-state index contributed by atoms with van der Waals surface area (Å²) in [5, 5.41) is 5.43. The number of fused-ring (bicyclic) bond motifs is 2.